The first-order valence-electron chi connectivity index (χ1n) is 8.13. The van der Waals surface area contributed by atoms with Crippen molar-refractivity contribution in [2.75, 3.05) is 20.1 Å². The van der Waals surface area contributed by atoms with Crippen molar-refractivity contribution < 1.29 is 8.91 Å². The van der Waals surface area contributed by atoms with E-state index in [0.29, 0.717) is 31.0 Å². The van der Waals surface area contributed by atoms with Gasteiger partial charge in [-0.05, 0) is 31.9 Å². The third-order valence-electron chi connectivity index (χ3n) is 4.03. The Morgan fingerprint density at radius 3 is 2.60 bits per heavy atom. The lowest BCUT2D eigenvalue weighted by Gasteiger charge is -2.16. The molecule has 25 heavy (non-hydrogen) atoms. The van der Waals surface area contributed by atoms with Crippen LogP contribution in [0.1, 0.15) is 35.4 Å². The molecule has 7 heteroatoms. The molecular weight excluding hydrogens is 434 g/mol. The highest BCUT2D eigenvalue weighted by molar-refractivity contribution is 14.0. The second kappa shape index (κ2) is 10.4. The smallest absolute Gasteiger partial charge is 0.191 e. The molecule has 0 saturated carbocycles. The maximum absolute atomic E-state index is 13.6. The van der Waals surface area contributed by atoms with Crippen LogP contribution in [-0.2, 0) is 6.42 Å². The van der Waals surface area contributed by atoms with E-state index in [9.17, 15) is 4.39 Å². The summed E-state index contributed by atoms with van der Waals surface area (Å²) < 4.78 is 18.8. The highest BCUT2D eigenvalue weighted by atomic mass is 127. The van der Waals surface area contributed by atoms with E-state index in [4.69, 9.17) is 4.52 Å². The number of benzene rings is 1. The van der Waals surface area contributed by atoms with E-state index in [1.54, 1.807) is 19.2 Å². The zero-order valence-corrected chi connectivity index (χ0v) is 17.4. The number of hydrogen-bond donors (Lipinski definition) is 2. The van der Waals surface area contributed by atoms with Gasteiger partial charge in [-0.3, -0.25) is 4.99 Å². The van der Waals surface area contributed by atoms with Crippen LogP contribution in [-0.4, -0.2) is 31.3 Å². The summed E-state index contributed by atoms with van der Waals surface area (Å²) in [6.45, 7) is 7.31. The molecule has 0 aliphatic heterocycles. The summed E-state index contributed by atoms with van der Waals surface area (Å²) in [6, 6.07) is 6.82. The standard InChI is InChI=1S/C18H25FN4O.HI/c1-12(17-13(2)23-24-14(17)3)11-22-18(20-4)21-10-9-15-7-5-6-8-16(15)19;/h5-8,12H,9-11H2,1-4H3,(H2,20,21,22);1H. The maximum Gasteiger partial charge on any atom is 0.191 e. The molecule has 0 fully saturated rings. The lowest BCUT2D eigenvalue weighted by atomic mass is 10.00. The predicted molar refractivity (Wildman–Crippen MR) is 109 cm³/mol. The van der Waals surface area contributed by atoms with Crippen LogP contribution in [0.3, 0.4) is 0 Å². The lowest BCUT2D eigenvalue weighted by molar-refractivity contribution is 0.391. The Labute approximate surface area is 165 Å². The van der Waals surface area contributed by atoms with Gasteiger partial charge in [-0.1, -0.05) is 30.3 Å². The summed E-state index contributed by atoms with van der Waals surface area (Å²) in [6.07, 6.45) is 0.604. The predicted octanol–water partition coefficient (Wildman–Crippen LogP) is 3.56. The molecule has 2 aromatic rings. The Kier molecular flexibility index (Phi) is 8.88. The number of rotatable bonds is 6. The van der Waals surface area contributed by atoms with E-state index in [1.807, 2.05) is 19.9 Å². The molecule has 0 radical (unpaired) electrons. The van der Waals surface area contributed by atoms with E-state index >= 15 is 0 Å². The number of guanidine groups is 1. The van der Waals surface area contributed by atoms with Gasteiger partial charge in [0.1, 0.15) is 11.6 Å². The molecule has 1 aromatic heterocycles. The number of halogens is 2. The Hall–Kier alpha value is -1.64. The van der Waals surface area contributed by atoms with E-state index in [2.05, 4.69) is 27.7 Å². The second-order valence-electron chi connectivity index (χ2n) is 5.86. The minimum Gasteiger partial charge on any atom is -0.361 e. The highest BCUT2D eigenvalue weighted by Gasteiger charge is 2.16. The van der Waals surface area contributed by atoms with Gasteiger partial charge in [0.25, 0.3) is 0 Å². The van der Waals surface area contributed by atoms with Crippen molar-refractivity contribution >= 4 is 29.9 Å². The third kappa shape index (κ3) is 5.98. The van der Waals surface area contributed by atoms with Crippen molar-refractivity contribution in [1.29, 1.82) is 0 Å². The number of aromatic nitrogens is 1. The number of nitrogens with zero attached hydrogens (tertiary/aromatic N) is 2. The largest absolute Gasteiger partial charge is 0.361 e. The Morgan fingerprint density at radius 1 is 1.28 bits per heavy atom. The first-order valence-corrected chi connectivity index (χ1v) is 8.13. The van der Waals surface area contributed by atoms with Gasteiger partial charge in [0.05, 0.1) is 5.69 Å². The van der Waals surface area contributed by atoms with Crippen molar-refractivity contribution in [1.82, 2.24) is 15.8 Å². The molecule has 0 saturated heterocycles. The summed E-state index contributed by atoms with van der Waals surface area (Å²) in [5, 5.41) is 10.5. The van der Waals surface area contributed by atoms with Gasteiger partial charge in [0.15, 0.2) is 5.96 Å². The fraction of sp³-hybridized carbons (Fsp3) is 0.444. The van der Waals surface area contributed by atoms with Crippen LogP contribution in [0.5, 0.6) is 0 Å². The quantitative estimate of drug-likeness (QED) is 0.393. The average Bonchev–Trinajstić information content (AvgIpc) is 2.91. The van der Waals surface area contributed by atoms with Gasteiger partial charge in [-0.25, -0.2) is 4.39 Å². The molecular formula is C18H26FIN4O. The molecule has 0 spiro atoms. The van der Waals surface area contributed by atoms with Crippen molar-refractivity contribution in [3.63, 3.8) is 0 Å². The van der Waals surface area contributed by atoms with Crippen LogP contribution in [0, 0.1) is 19.7 Å². The fourth-order valence-corrected chi connectivity index (χ4v) is 2.78. The molecule has 1 unspecified atom stereocenters. The monoisotopic (exact) mass is 460 g/mol. The molecule has 0 aliphatic rings. The molecule has 2 rings (SSSR count). The summed E-state index contributed by atoms with van der Waals surface area (Å²) in [5.41, 5.74) is 2.75. The first-order chi connectivity index (χ1) is 11.5. The van der Waals surface area contributed by atoms with Gasteiger partial charge in [-0.2, -0.15) is 0 Å². The maximum atomic E-state index is 13.6. The Bertz CT molecular complexity index is 683. The summed E-state index contributed by atoms with van der Waals surface area (Å²) in [4.78, 5) is 4.20. The van der Waals surface area contributed by atoms with Gasteiger partial charge >= 0.3 is 0 Å². The fourth-order valence-electron chi connectivity index (χ4n) is 2.78. The Balaban J connectivity index is 0.00000312. The average molecular weight is 460 g/mol. The van der Waals surface area contributed by atoms with Crippen LogP contribution in [0.2, 0.25) is 0 Å². The van der Waals surface area contributed by atoms with Crippen LogP contribution in [0.25, 0.3) is 0 Å². The van der Waals surface area contributed by atoms with E-state index < -0.39 is 0 Å². The summed E-state index contributed by atoms with van der Waals surface area (Å²) in [5.74, 6) is 1.63. The van der Waals surface area contributed by atoms with E-state index in [1.165, 1.54) is 6.07 Å². The van der Waals surface area contributed by atoms with Crippen molar-refractivity contribution in [3.05, 3.63) is 52.7 Å². The molecule has 1 aromatic carbocycles. The minimum absolute atomic E-state index is 0. The minimum atomic E-state index is -0.172. The van der Waals surface area contributed by atoms with E-state index in [-0.39, 0.29) is 35.7 Å². The second-order valence-corrected chi connectivity index (χ2v) is 5.86. The van der Waals surface area contributed by atoms with Gasteiger partial charge in [-0.15, -0.1) is 24.0 Å². The van der Waals surface area contributed by atoms with Gasteiger partial charge < -0.3 is 15.2 Å². The van der Waals surface area contributed by atoms with Crippen LogP contribution >= 0.6 is 24.0 Å². The molecule has 0 amide bonds. The first kappa shape index (κ1) is 21.4. The third-order valence-corrected chi connectivity index (χ3v) is 4.03. The zero-order valence-electron chi connectivity index (χ0n) is 15.1. The molecule has 138 valence electrons. The number of nitrogens with one attached hydrogen (secondary N) is 2. The molecule has 1 atom stereocenters. The lowest BCUT2D eigenvalue weighted by Crippen LogP contribution is -2.40. The Morgan fingerprint density at radius 2 is 2.00 bits per heavy atom. The molecule has 2 N–H and O–H groups in total. The summed E-state index contributed by atoms with van der Waals surface area (Å²) >= 11 is 0. The van der Waals surface area contributed by atoms with E-state index in [0.717, 1.165) is 17.0 Å². The van der Waals surface area contributed by atoms with Crippen molar-refractivity contribution in [3.8, 4) is 0 Å². The van der Waals surface area contributed by atoms with Crippen molar-refractivity contribution in [2.24, 2.45) is 4.99 Å². The van der Waals surface area contributed by atoms with Gasteiger partial charge in [0.2, 0.25) is 0 Å². The molecule has 5 nitrogen and oxygen atoms in total. The number of aliphatic imine (C=N–C) groups is 1. The van der Waals surface area contributed by atoms with Gasteiger partial charge in [0, 0.05) is 31.6 Å². The van der Waals surface area contributed by atoms with Crippen molar-refractivity contribution in [2.45, 2.75) is 33.1 Å². The zero-order chi connectivity index (χ0) is 17.5. The topological polar surface area (TPSA) is 62.5 Å². The van der Waals surface area contributed by atoms with Crippen LogP contribution in [0.15, 0.2) is 33.8 Å². The molecule has 1 heterocycles. The van der Waals surface area contributed by atoms with Crippen LogP contribution in [0.4, 0.5) is 4.39 Å². The molecule has 0 bridgehead atoms. The number of aryl methyl sites for hydroxylation is 2. The highest BCUT2D eigenvalue weighted by Crippen LogP contribution is 2.22. The summed E-state index contributed by atoms with van der Waals surface area (Å²) in [7, 11) is 1.72. The normalized spacial score (nSPS) is 12.4. The SMILES string of the molecule is CN=C(NCCc1ccccc1F)NCC(C)c1c(C)noc1C.I. The van der Waals surface area contributed by atoms with Crippen LogP contribution < -0.4 is 10.6 Å². The number of hydrogen-bond acceptors (Lipinski definition) is 3. The molecule has 0 aliphatic carbocycles.